The summed E-state index contributed by atoms with van der Waals surface area (Å²) in [5, 5.41) is 2.91. The second-order valence-corrected chi connectivity index (χ2v) is 10.7. The molecule has 0 aliphatic carbocycles. The highest BCUT2D eigenvalue weighted by Gasteiger charge is 2.44. The zero-order valence-corrected chi connectivity index (χ0v) is 19.0. The Bertz CT molecular complexity index is 1010. The van der Waals surface area contributed by atoms with Crippen LogP contribution in [0, 0.1) is 13.8 Å². The van der Waals surface area contributed by atoms with Crippen LogP contribution in [0.5, 0.6) is 0 Å². The van der Waals surface area contributed by atoms with Gasteiger partial charge < -0.3 is 10.1 Å². The monoisotopic (exact) mass is 430 g/mol. The minimum atomic E-state index is -3.73. The Labute approximate surface area is 179 Å². The number of amides is 1. The molecule has 1 N–H and O–H groups in total. The van der Waals surface area contributed by atoms with Crippen molar-refractivity contribution >= 4 is 16.1 Å². The third kappa shape index (κ3) is 4.84. The van der Waals surface area contributed by atoms with Crippen LogP contribution >= 0.6 is 0 Å². The molecule has 162 valence electrons. The molecule has 0 spiro atoms. The van der Waals surface area contributed by atoms with E-state index in [1.165, 1.54) is 4.31 Å². The molecule has 1 saturated heterocycles. The lowest BCUT2D eigenvalue weighted by Crippen LogP contribution is -2.43. The first-order valence-corrected chi connectivity index (χ1v) is 11.6. The molecule has 1 amide bonds. The predicted molar refractivity (Wildman–Crippen MR) is 117 cm³/mol. The van der Waals surface area contributed by atoms with Crippen LogP contribution in [0.2, 0.25) is 0 Å². The van der Waals surface area contributed by atoms with Crippen molar-refractivity contribution in [2.75, 3.05) is 6.54 Å². The summed E-state index contributed by atoms with van der Waals surface area (Å²) in [6.45, 7) is 9.59. The maximum atomic E-state index is 13.5. The molecule has 1 fully saturated rings. The fourth-order valence-corrected chi connectivity index (χ4v) is 5.44. The van der Waals surface area contributed by atoms with Crippen LogP contribution in [0.25, 0.3) is 0 Å². The fourth-order valence-electron chi connectivity index (χ4n) is 3.78. The molecule has 2 aromatic carbocycles. The number of hydrogen-bond donors (Lipinski definition) is 1. The van der Waals surface area contributed by atoms with Crippen molar-refractivity contribution in [3.8, 4) is 0 Å². The van der Waals surface area contributed by atoms with Crippen molar-refractivity contribution in [3.63, 3.8) is 0 Å². The molecule has 6 nitrogen and oxygen atoms in total. The van der Waals surface area contributed by atoms with E-state index in [9.17, 15) is 13.2 Å². The predicted octanol–water partition coefficient (Wildman–Crippen LogP) is 4.33. The van der Waals surface area contributed by atoms with Gasteiger partial charge >= 0.3 is 6.09 Å². The van der Waals surface area contributed by atoms with E-state index in [4.69, 9.17) is 4.74 Å². The number of nitrogens with one attached hydrogen (secondary N) is 1. The lowest BCUT2D eigenvalue weighted by molar-refractivity contribution is 0.0496. The van der Waals surface area contributed by atoms with E-state index in [1.54, 1.807) is 45.0 Å². The van der Waals surface area contributed by atoms with Gasteiger partial charge in [-0.3, -0.25) is 0 Å². The molecule has 1 aliphatic heterocycles. The summed E-state index contributed by atoms with van der Waals surface area (Å²) < 4.78 is 33.9. The Hall–Kier alpha value is -2.38. The molecule has 2 atom stereocenters. The first kappa shape index (κ1) is 22.3. The zero-order valence-electron chi connectivity index (χ0n) is 18.2. The number of benzene rings is 2. The third-order valence-corrected chi connectivity index (χ3v) is 7.08. The maximum Gasteiger partial charge on any atom is 0.407 e. The Morgan fingerprint density at radius 1 is 1.07 bits per heavy atom. The van der Waals surface area contributed by atoms with Crippen molar-refractivity contribution in [1.82, 2.24) is 9.62 Å². The fraction of sp³-hybridized carbons (Fsp3) is 0.435. The van der Waals surface area contributed by atoms with Gasteiger partial charge in [0.2, 0.25) is 10.0 Å². The van der Waals surface area contributed by atoms with E-state index in [2.05, 4.69) is 5.32 Å². The average Bonchev–Trinajstić information content (AvgIpc) is 3.05. The standard InChI is InChI=1S/C23H30N2O4S/c1-16-10-12-18(13-11-16)30(27,28)25-15-14-20(24-22(26)29-23(3,4)5)21(25)19-9-7-6-8-17(19)2/h6-13,20-21H,14-15H2,1-5H3,(H,24,26)/t20-,21-/m1/s1. The number of hydrogen-bond acceptors (Lipinski definition) is 4. The summed E-state index contributed by atoms with van der Waals surface area (Å²) >= 11 is 0. The van der Waals surface area contributed by atoms with Crippen molar-refractivity contribution in [1.29, 1.82) is 0 Å². The SMILES string of the molecule is Cc1ccc(S(=O)(=O)N2CC[C@@H](NC(=O)OC(C)(C)C)[C@H]2c2ccccc2C)cc1. The van der Waals surface area contributed by atoms with Crippen LogP contribution in [-0.4, -0.2) is 37.0 Å². The Kier molecular flexibility index (Phi) is 6.24. The molecule has 1 heterocycles. The van der Waals surface area contributed by atoms with Gasteiger partial charge in [0.15, 0.2) is 0 Å². The van der Waals surface area contributed by atoms with Gasteiger partial charge in [-0.1, -0.05) is 42.0 Å². The van der Waals surface area contributed by atoms with Gasteiger partial charge in [0.05, 0.1) is 17.0 Å². The molecular formula is C23H30N2O4S. The molecule has 0 aromatic heterocycles. The van der Waals surface area contributed by atoms with Crippen LogP contribution in [0.3, 0.4) is 0 Å². The second-order valence-electron chi connectivity index (χ2n) is 8.77. The van der Waals surface area contributed by atoms with E-state index in [1.807, 2.05) is 38.1 Å². The van der Waals surface area contributed by atoms with Gasteiger partial charge in [-0.2, -0.15) is 4.31 Å². The van der Waals surface area contributed by atoms with E-state index in [0.717, 1.165) is 16.7 Å². The van der Waals surface area contributed by atoms with E-state index in [0.29, 0.717) is 13.0 Å². The van der Waals surface area contributed by atoms with Crippen molar-refractivity contribution in [3.05, 3.63) is 65.2 Å². The third-order valence-electron chi connectivity index (χ3n) is 5.19. The number of aryl methyl sites for hydroxylation is 2. The molecule has 0 radical (unpaired) electrons. The van der Waals surface area contributed by atoms with Crippen molar-refractivity contribution < 1.29 is 17.9 Å². The average molecular weight is 431 g/mol. The number of sulfonamides is 1. The first-order chi connectivity index (χ1) is 14.0. The van der Waals surface area contributed by atoms with Gasteiger partial charge in [-0.15, -0.1) is 0 Å². The highest BCUT2D eigenvalue weighted by Crippen LogP contribution is 2.38. The summed E-state index contributed by atoms with van der Waals surface area (Å²) in [6.07, 6.45) is -0.0377. The molecule has 2 aromatic rings. The smallest absolute Gasteiger partial charge is 0.407 e. The van der Waals surface area contributed by atoms with Gasteiger partial charge in [0, 0.05) is 6.54 Å². The summed E-state index contributed by atoms with van der Waals surface area (Å²) in [5.74, 6) is 0. The molecule has 0 unspecified atom stereocenters. The molecular weight excluding hydrogens is 400 g/mol. The van der Waals surface area contributed by atoms with Gasteiger partial charge in [0.25, 0.3) is 0 Å². The minimum Gasteiger partial charge on any atom is -0.444 e. The lowest BCUT2D eigenvalue weighted by atomic mass is 9.97. The van der Waals surface area contributed by atoms with Crippen LogP contribution < -0.4 is 5.32 Å². The lowest BCUT2D eigenvalue weighted by Gasteiger charge is -2.30. The largest absolute Gasteiger partial charge is 0.444 e. The number of carbonyl (C=O) groups excluding carboxylic acids is 1. The van der Waals surface area contributed by atoms with Crippen LogP contribution in [0.15, 0.2) is 53.4 Å². The second kappa shape index (κ2) is 8.40. The van der Waals surface area contributed by atoms with Gasteiger partial charge in [-0.25, -0.2) is 13.2 Å². The van der Waals surface area contributed by atoms with Gasteiger partial charge in [-0.05, 0) is 64.3 Å². The number of ether oxygens (including phenoxy) is 1. The van der Waals surface area contributed by atoms with Crippen LogP contribution in [-0.2, 0) is 14.8 Å². The van der Waals surface area contributed by atoms with Crippen LogP contribution in [0.1, 0.15) is 49.9 Å². The van der Waals surface area contributed by atoms with Crippen molar-refractivity contribution in [2.24, 2.45) is 0 Å². The van der Waals surface area contributed by atoms with E-state index < -0.39 is 27.8 Å². The first-order valence-electron chi connectivity index (χ1n) is 10.1. The molecule has 30 heavy (non-hydrogen) atoms. The molecule has 3 rings (SSSR count). The van der Waals surface area contributed by atoms with Crippen LogP contribution in [0.4, 0.5) is 4.79 Å². The summed E-state index contributed by atoms with van der Waals surface area (Å²) in [5.41, 5.74) is 2.22. The molecule has 7 heteroatoms. The Balaban J connectivity index is 1.98. The highest BCUT2D eigenvalue weighted by atomic mass is 32.2. The molecule has 1 aliphatic rings. The number of alkyl carbamates (subject to hydrolysis) is 1. The van der Waals surface area contributed by atoms with E-state index >= 15 is 0 Å². The number of nitrogens with zero attached hydrogens (tertiary/aromatic N) is 1. The van der Waals surface area contributed by atoms with Crippen molar-refractivity contribution in [2.45, 2.75) is 63.6 Å². The maximum absolute atomic E-state index is 13.5. The summed E-state index contributed by atoms with van der Waals surface area (Å²) in [7, 11) is -3.73. The highest BCUT2D eigenvalue weighted by molar-refractivity contribution is 7.89. The molecule has 0 bridgehead atoms. The quantitative estimate of drug-likeness (QED) is 0.783. The Morgan fingerprint density at radius 2 is 1.70 bits per heavy atom. The summed E-state index contributed by atoms with van der Waals surface area (Å²) in [4.78, 5) is 12.7. The summed E-state index contributed by atoms with van der Waals surface area (Å²) in [6, 6.07) is 13.6. The molecule has 0 saturated carbocycles. The number of rotatable bonds is 4. The number of carbonyl (C=O) groups is 1. The van der Waals surface area contributed by atoms with E-state index in [-0.39, 0.29) is 10.9 Å². The topological polar surface area (TPSA) is 75.7 Å². The van der Waals surface area contributed by atoms with Gasteiger partial charge in [0.1, 0.15) is 5.60 Å². The normalized spacial score (nSPS) is 20.2. The Morgan fingerprint density at radius 3 is 2.30 bits per heavy atom. The zero-order chi connectivity index (χ0) is 22.1. The minimum absolute atomic E-state index is 0.254.